The van der Waals surface area contributed by atoms with Gasteiger partial charge in [0.1, 0.15) is 6.29 Å². The highest BCUT2D eigenvalue weighted by Gasteiger charge is 2.23. The van der Waals surface area contributed by atoms with Crippen LogP contribution < -0.4 is 5.32 Å². The molecule has 18 heavy (non-hydrogen) atoms. The molecule has 0 radical (unpaired) electrons. The van der Waals surface area contributed by atoms with Crippen LogP contribution in [0, 0.1) is 0 Å². The average molecular weight is 256 g/mol. The van der Waals surface area contributed by atoms with Crippen molar-refractivity contribution in [2.24, 2.45) is 0 Å². The standard InChI is InChI=1S/C13H24N2O3/c1-3-18-10-11(2)14-13(17)8-15-7-5-4-6-12(15)9-16/h9,11-12H,3-8,10H2,1-2H3,(H,14,17). The molecule has 2 atom stereocenters. The Kier molecular flexibility index (Phi) is 6.90. The van der Waals surface area contributed by atoms with Gasteiger partial charge in [0.2, 0.25) is 5.91 Å². The first-order valence-corrected chi connectivity index (χ1v) is 6.73. The maximum atomic E-state index is 11.8. The molecule has 0 spiro atoms. The first-order valence-electron chi connectivity index (χ1n) is 6.73. The molecular formula is C13H24N2O3. The Morgan fingerprint density at radius 1 is 1.56 bits per heavy atom. The highest BCUT2D eigenvalue weighted by Crippen LogP contribution is 2.14. The van der Waals surface area contributed by atoms with E-state index in [0.29, 0.717) is 19.8 Å². The van der Waals surface area contributed by atoms with E-state index >= 15 is 0 Å². The van der Waals surface area contributed by atoms with E-state index in [9.17, 15) is 9.59 Å². The van der Waals surface area contributed by atoms with Crippen LogP contribution in [0.4, 0.5) is 0 Å². The summed E-state index contributed by atoms with van der Waals surface area (Å²) in [7, 11) is 0. The first kappa shape index (κ1) is 15.1. The van der Waals surface area contributed by atoms with E-state index in [1.165, 1.54) is 0 Å². The summed E-state index contributed by atoms with van der Waals surface area (Å²) in [6, 6.07) is -0.0800. The number of aldehydes is 1. The number of rotatable bonds is 7. The predicted octanol–water partition coefficient (Wildman–Crippen LogP) is 0.581. The van der Waals surface area contributed by atoms with Gasteiger partial charge in [-0.3, -0.25) is 9.69 Å². The van der Waals surface area contributed by atoms with Gasteiger partial charge in [-0.05, 0) is 33.2 Å². The predicted molar refractivity (Wildman–Crippen MR) is 69.4 cm³/mol. The maximum absolute atomic E-state index is 11.8. The zero-order valence-corrected chi connectivity index (χ0v) is 11.4. The smallest absolute Gasteiger partial charge is 0.234 e. The number of likely N-dealkylation sites (tertiary alicyclic amines) is 1. The number of hydrogen-bond donors (Lipinski definition) is 1. The van der Waals surface area contributed by atoms with E-state index < -0.39 is 0 Å². The van der Waals surface area contributed by atoms with Crippen molar-refractivity contribution in [2.45, 2.75) is 45.2 Å². The molecule has 0 aromatic heterocycles. The van der Waals surface area contributed by atoms with Gasteiger partial charge in [0.25, 0.3) is 0 Å². The Balaban J connectivity index is 2.31. The van der Waals surface area contributed by atoms with Crippen molar-refractivity contribution in [2.75, 3.05) is 26.3 Å². The average Bonchev–Trinajstić information content (AvgIpc) is 2.36. The molecule has 104 valence electrons. The summed E-state index contributed by atoms with van der Waals surface area (Å²) >= 11 is 0. The van der Waals surface area contributed by atoms with Gasteiger partial charge in [0, 0.05) is 12.6 Å². The van der Waals surface area contributed by atoms with E-state index in [-0.39, 0.29) is 18.0 Å². The number of carbonyl (C=O) groups is 2. The molecule has 5 nitrogen and oxygen atoms in total. The second-order valence-electron chi connectivity index (χ2n) is 4.80. The molecule has 1 aliphatic rings. The molecule has 0 saturated carbocycles. The summed E-state index contributed by atoms with van der Waals surface area (Å²) in [5.74, 6) is -0.0315. The minimum atomic E-state index is -0.0910. The van der Waals surface area contributed by atoms with Crippen LogP contribution in [-0.4, -0.2) is 55.5 Å². The topological polar surface area (TPSA) is 58.6 Å². The number of nitrogens with one attached hydrogen (secondary N) is 1. The summed E-state index contributed by atoms with van der Waals surface area (Å²) in [4.78, 5) is 24.7. The van der Waals surface area contributed by atoms with Crippen molar-refractivity contribution in [3.8, 4) is 0 Å². The lowest BCUT2D eigenvalue weighted by atomic mass is 10.0. The minimum Gasteiger partial charge on any atom is -0.380 e. The third-order valence-electron chi connectivity index (χ3n) is 3.15. The van der Waals surface area contributed by atoms with Crippen LogP contribution >= 0.6 is 0 Å². The molecular weight excluding hydrogens is 232 g/mol. The molecule has 1 heterocycles. The molecule has 0 aromatic carbocycles. The summed E-state index contributed by atoms with van der Waals surface area (Å²) in [5, 5.41) is 2.89. The number of ether oxygens (including phenoxy) is 1. The summed E-state index contributed by atoms with van der Waals surface area (Å²) in [6.45, 7) is 6.16. The Bertz CT molecular complexity index is 271. The van der Waals surface area contributed by atoms with Gasteiger partial charge in [0.15, 0.2) is 0 Å². The molecule has 1 saturated heterocycles. The summed E-state index contributed by atoms with van der Waals surface area (Å²) in [5.41, 5.74) is 0. The molecule has 1 N–H and O–H groups in total. The van der Waals surface area contributed by atoms with Gasteiger partial charge in [-0.25, -0.2) is 0 Å². The fourth-order valence-electron chi connectivity index (χ4n) is 2.21. The molecule has 0 aromatic rings. The van der Waals surface area contributed by atoms with Crippen LogP contribution in [0.5, 0.6) is 0 Å². The van der Waals surface area contributed by atoms with Gasteiger partial charge in [-0.2, -0.15) is 0 Å². The third kappa shape index (κ3) is 5.14. The molecule has 0 bridgehead atoms. The zero-order valence-electron chi connectivity index (χ0n) is 11.4. The molecule has 5 heteroatoms. The van der Waals surface area contributed by atoms with Crippen LogP contribution in [0.1, 0.15) is 33.1 Å². The monoisotopic (exact) mass is 256 g/mol. The van der Waals surface area contributed by atoms with Gasteiger partial charge in [-0.1, -0.05) is 6.42 Å². The lowest BCUT2D eigenvalue weighted by Gasteiger charge is -2.31. The van der Waals surface area contributed by atoms with Crippen LogP contribution in [0.2, 0.25) is 0 Å². The van der Waals surface area contributed by atoms with E-state index in [0.717, 1.165) is 32.1 Å². The van der Waals surface area contributed by atoms with Crippen molar-refractivity contribution >= 4 is 12.2 Å². The molecule has 2 unspecified atom stereocenters. The summed E-state index contributed by atoms with van der Waals surface area (Å²) in [6.07, 6.45) is 3.95. The number of piperidine rings is 1. The second kappa shape index (κ2) is 8.21. The number of nitrogens with zero attached hydrogens (tertiary/aromatic N) is 1. The Morgan fingerprint density at radius 2 is 2.33 bits per heavy atom. The largest absolute Gasteiger partial charge is 0.380 e. The van der Waals surface area contributed by atoms with Crippen LogP contribution in [0.3, 0.4) is 0 Å². The summed E-state index contributed by atoms with van der Waals surface area (Å²) < 4.78 is 5.24. The quantitative estimate of drug-likeness (QED) is 0.677. The van der Waals surface area contributed by atoms with Gasteiger partial charge >= 0.3 is 0 Å². The van der Waals surface area contributed by atoms with Gasteiger partial charge in [-0.15, -0.1) is 0 Å². The molecule has 0 aliphatic carbocycles. The van der Waals surface area contributed by atoms with Crippen molar-refractivity contribution in [1.82, 2.24) is 10.2 Å². The number of amides is 1. The van der Waals surface area contributed by atoms with Gasteiger partial charge < -0.3 is 14.8 Å². The molecule has 1 fully saturated rings. The number of carbonyl (C=O) groups excluding carboxylic acids is 2. The minimum absolute atomic E-state index is 0.0110. The highest BCUT2D eigenvalue weighted by atomic mass is 16.5. The zero-order chi connectivity index (χ0) is 13.4. The third-order valence-corrected chi connectivity index (χ3v) is 3.15. The normalized spacial score (nSPS) is 22.4. The van der Waals surface area contributed by atoms with Crippen LogP contribution in [0.25, 0.3) is 0 Å². The Morgan fingerprint density at radius 3 is 3.00 bits per heavy atom. The molecule has 1 aliphatic heterocycles. The lowest BCUT2D eigenvalue weighted by molar-refractivity contribution is -0.125. The van der Waals surface area contributed by atoms with E-state index in [1.807, 2.05) is 18.7 Å². The van der Waals surface area contributed by atoms with Gasteiger partial charge in [0.05, 0.1) is 19.2 Å². The van der Waals surface area contributed by atoms with Crippen molar-refractivity contribution in [1.29, 1.82) is 0 Å². The highest BCUT2D eigenvalue weighted by molar-refractivity contribution is 5.78. The van der Waals surface area contributed by atoms with Crippen LogP contribution in [0.15, 0.2) is 0 Å². The maximum Gasteiger partial charge on any atom is 0.234 e. The SMILES string of the molecule is CCOCC(C)NC(=O)CN1CCCCC1C=O. The van der Waals surface area contributed by atoms with E-state index in [2.05, 4.69) is 5.32 Å². The molecule has 1 amide bonds. The Hall–Kier alpha value is -0.940. The fourth-order valence-corrected chi connectivity index (χ4v) is 2.21. The van der Waals surface area contributed by atoms with Crippen molar-refractivity contribution < 1.29 is 14.3 Å². The van der Waals surface area contributed by atoms with E-state index in [1.54, 1.807) is 0 Å². The van der Waals surface area contributed by atoms with Crippen molar-refractivity contribution in [3.63, 3.8) is 0 Å². The fraction of sp³-hybridized carbons (Fsp3) is 0.846. The number of hydrogen-bond acceptors (Lipinski definition) is 4. The second-order valence-corrected chi connectivity index (χ2v) is 4.80. The van der Waals surface area contributed by atoms with Crippen molar-refractivity contribution in [3.05, 3.63) is 0 Å². The first-order chi connectivity index (χ1) is 8.67. The van der Waals surface area contributed by atoms with E-state index in [4.69, 9.17) is 4.74 Å². The molecule has 1 rings (SSSR count). The van der Waals surface area contributed by atoms with Crippen LogP contribution in [-0.2, 0) is 14.3 Å². The Labute approximate surface area is 109 Å². The lowest BCUT2D eigenvalue weighted by Crippen LogP contribution is -2.48.